The van der Waals surface area contributed by atoms with E-state index < -0.39 is 0 Å². The number of carbonyl (C=O) groups is 1. The summed E-state index contributed by atoms with van der Waals surface area (Å²) in [6, 6.07) is 1.78. The van der Waals surface area contributed by atoms with Crippen LogP contribution in [0.4, 0.5) is 0 Å². The third kappa shape index (κ3) is 2.95. The van der Waals surface area contributed by atoms with Gasteiger partial charge in [-0.2, -0.15) is 0 Å². The van der Waals surface area contributed by atoms with Crippen LogP contribution in [0, 0.1) is 0 Å². The van der Waals surface area contributed by atoms with Crippen LogP contribution in [0.2, 0.25) is 0 Å². The lowest BCUT2D eigenvalue weighted by atomic mass is 10.1. The van der Waals surface area contributed by atoms with Gasteiger partial charge in [0, 0.05) is 4.47 Å². The van der Waals surface area contributed by atoms with Crippen molar-refractivity contribution in [2.45, 2.75) is 19.8 Å². The van der Waals surface area contributed by atoms with Gasteiger partial charge in [-0.25, -0.2) is 0 Å². The Morgan fingerprint density at radius 2 is 2.31 bits per heavy atom. The summed E-state index contributed by atoms with van der Waals surface area (Å²) >= 11 is 3.36. The maximum Gasteiger partial charge on any atom is 0.314 e. The Hall–Kier alpha value is -1.10. The van der Waals surface area contributed by atoms with Crippen LogP contribution in [0.3, 0.4) is 0 Å². The van der Waals surface area contributed by atoms with Crippen LogP contribution in [0.15, 0.2) is 16.7 Å². The molecule has 0 bridgehead atoms. The number of hydrogen-bond donors (Lipinski definition) is 0. The summed E-state index contributed by atoms with van der Waals surface area (Å²) in [6.07, 6.45) is 1.58. The molecule has 4 nitrogen and oxygen atoms in total. The van der Waals surface area contributed by atoms with Crippen LogP contribution >= 0.6 is 15.9 Å². The predicted octanol–water partition coefficient (Wildman–Crippen LogP) is 2.52. The second-order valence-electron chi connectivity index (χ2n) is 3.22. The quantitative estimate of drug-likeness (QED) is 0.799. The summed E-state index contributed by atoms with van der Waals surface area (Å²) in [5.41, 5.74) is 0.652. The number of aromatic nitrogens is 1. The van der Waals surface area contributed by atoms with Crippen molar-refractivity contribution >= 4 is 21.9 Å². The third-order valence-corrected chi connectivity index (χ3v) is 2.77. The molecule has 0 aromatic carbocycles. The molecule has 1 aromatic heterocycles. The van der Waals surface area contributed by atoms with Gasteiger partial charge in [0.1, 0.15) is 5.75 Å². The molecule has 1 atom stereocenters. The average Bonchev–Trinajstić information content (AvgIpc) is 2.28. The molecule has 0 fully saturated rings. The number of rotatable bonds is 4. The monoisotopic (exact) mass is 287 g/mol. The van der Waals surface area contributed by atoms with Gasteiger partial charge in [-0.15, -0.1) is 0 Å². The number of halogens is 1. The second kappa shape index (κ2) is 5.84. The molecular weight excluding hydrogens is 274 g/mol. The number of methoxy groups -OCH3 is 1. The van der Waals surface area contributed by atoms with E-state index >= 15 is 0 Å². The van der Waals surface area contributed by atoms with E-state index in [4.69, 9.17) is 9.47 Å². The summed E-state index contributed by atoms with van der Waals surface area (Å²) in [6.45, 7) is 3.91. The van der Waals surface area contributed by atoms with Gasteiger partial charge in [0.15, 0.2) is 0 Å². The fourth-order valence-corrected chi connectivity index (χ4v) is 1.91. The summed E-state index contributed by atoms with van der Waals surface area (Å²) in [5, 5.41) is 0. The zero-order chi connectivity index (χ0) is 12.1. The van der Waals surface area contributed by atoms with E-state index in [9.17, 15) is 4.79 Å². The molecule has 16 heavy (non-hydrogen) atoms. The van der Waals surface area contributed by atoms with Crippen LogP contribution in [0.5, 0.6) is 5.75 Å². The first-order valence-corrected chi connectivity index (χ1v) is 5.75. The van der Waals surface area contributed by atoms with E-state index in [1.54, 1.807) is 33.2 Å². The van der Waals surface area contributed by atoms with Gasteiger partial charge in [0.25, 0.3) is 0 Å². The highest BCUT2D eigenvalue weighted by Crippen LogP contribution is 2.26. The molecule has 0 aliphatic heterocycles. The van der Waals surface area contributed by atoms with E-state index in [0.717, 1.165) is 4.47 Å². The first-order chi connectivity index (χ1) is 7.60. The number of carbonyl (C=O) groups excluding carboxylic acids is 1. The van der Waals surface area contributed by atoms with Gasteiger partial charge < -0.3 is 9.47 Å². The van der Waals surface area contributed by atoms with Gasteiger partial charge in [0.05, 0.1) is 31.5 Å². The lowest BCUT2D eigenvalue weighted by Gasteiger charge is -2.12. The molecule has 1 rings (SSSR count). The number of nitrogens with zero attached hydrogens (tertiary/aromatic N) is 1. The molecule has 0 saturated carbocycles. The van der Waals surface area contributed by atoms with Gasteiger partial charge in [0.2, 0.25) is 0 Å². The SMILES string of the molecule is CCOC(=O)C(C)c1ncc(OC)cc1Br. The van der Waals surface area contributed by atoms with Gasteiger partial charge in [-0.3, -0.25) is 9.78 Å². The van der Waals surface area contributed by atoms with Crippen LogP contribution in [0.25, 0.3) is 0 Å². The van der Waals surface area contributed by atoms with Crippen molar-refractivity contribution in [2.75, 3.05) is 13.7 Å². The van der Waals surface area contributed by atoms with E-state index in [-0.39, 0.29) is 11.9 Å². The number of ether oxygens (including phenoxy) is 2. The predicted molar refractivity (Wildman–Crippen MR) is 63.5 cm³/mol. The molecule has 1 unspecified atom stereocenters. The normalized spacial score (nSPS) is 12.0. The molecule has 5 heteroatoms. The first-order valence-electron chi connectivity index (χ1n) is 4.96. The zero-order valence-corrected chi connectivity index (χ0v) is 11.1. The minimum Gasteiger partial charge on any atom is -0.495 e. The molecule has 0 radical (unpaired) electrons. The molecule has 0 amide bonds. The van der Waals surface area contributed by atoms with Crippen LogP contribution < -0.4 is 4.74 Å². The Bertz CT molecular complexity index is 381. The summed E-state index contributed by atoms with van der Waals surface area (Å²) in [7, 11) is 1.57. The first kappa shape index (κ1) is 13.0. The van der Waals surface area contributed by atoms with Crippen LogP contribution in [-0.4, -0.2) is 24.7 Å². The number of pyridine rings is 1. The topological polar surface area (TPSA) is 48.4 Å². The molecule has 0 spiro atoms. The minimum absolute atomic E-state index is 0.277. The number of hydrogen-bond acceptors (Lipinski definition) is 4. The third-order valence-electron chi connectivity index (χ3n) is 2.13. The summed E-state index contributed by atoms with van der Waals surface area (Å²) in [5.74, 6) is -0.0206. The van der Waals surface area contributed by atoms with E-state index in [2.05, 4.69) is 20.9 Å². The molecule has 1 aromatic rings. The van der Waals surface area contributed by atoms with E-state index in [0.29, 0.717) is 18.1 Å². The van der Waals surface area contributed by atoms with E-state index in [1.807, 2.05) is 0 Å². The van der Waals surface area contributed by atoms with Crippen molar-refractivity contribution in [3.8, 4) is 5.75 Å². The molecule has 1 heterocycles. The maximum absolute atomic E-state index is 11.5. The Labute approximate surface area is 103 Å². The van der Waals surface area contributed by atoms with Crippen molar-refractivity contribution in [3.05, 3.63) is 22.4 Å². The Balaban J connectivity index is 2.91. The van der Waals surface area contributed by atoms with Crippen LogP contribution in [0.1, 0.15) is 25.5 Å². The smallest absolute Gasteiger partial charge is 0.314 e. The summed E-state index contributed by atoms with van der Waals surface area (Å²) in [4.78, 5) is 15.7. The van der Waals surface area contributed by atoms with Crippen molar-refractivity contribution in [2.24, 2.45) is 0 Å². The van der Waals surface area contributed by atoms with Crippen molar-refractivity contribution in [1.82, 2.24) is 4.98 Å². The van der Waals surface area contributed by atoms with Crippen molar-refractivity contribution in [3.63, 3.8) is 0 Å². The zero-order valence-electron chi connectivity index (χ0n) is 9.49. The molecular formula is C11H14BrNO3. The fraction of sp³-hybridized carbons (Fsp3) is 0.455. The lowest BCUT2D eigenvalue weighted by Crippen LogP contribution is -2.14. The maximum atomic E-state index is 11.5. The second-order valence-corrected chi connectivity index (χ2v) is 4.07. The van der Waals surface area contributed by atoms with Gasteiger partial charge in [-0.1, -0.05) is 0 Å². The largest absolute Gasteiger partial charge is 0.495 e. The van der Waals surface area contributed by atoms with Crippen LogP contribution in [-0.2, 0) is 9.53 Å². The highest BCUT2D eigenvalue weighted by Gasteiger charge is 2.20. The average molecular weight is 288 g/mol. The van der Waals surface area contributed by atoms with Gasteiger partial charge >= 0.3 is 5.97 Å². The highest BCUT2D eigenvalue weighted by molar-refractivity contribution is 9.10. The Morgan fingerprint density at radius 1 is 1.62 bits per heavy atom. The molecule has 88 valence electrons. The Morgan fingerprint density at radius 3 is 2.81 bits per heavy atom. The van der Waals surface area contributed by atoms with Crippen molar-refractivity contribution in [1.29, 1.82) is 0 Å². The van der Waals surface area contributed by atoms with Gasteiger partial charge in [-0.05, 0) is 35.8 Å². The summed E-state index contributed by atoms with van der Waals surface area (Å²) < 4.78 is 10.7. The fourth-order valence-electron chi connectivity index (χ4n) is 1.24. The van der Waals surface area contributed by atoms with Crippen molar-refractivity contribution < 1.29 is 14.3 Å². The minimum atomic E-state index is -0.389. The standard InChI is InChI=1S/C11H14BrNO3/c1-4-16-11(14)7(2)10-9(12)5-8(15-3)6-13-10/h5-7H,4H2,1-3H3. The Kier molecular flexibility index (Phi) is 4.73. The molecule has 0 N–H and O–H groups in total. The van der Waals surface area contributed by atoms with E-state index in [1.165, 1.54) is 0 Å². The lowest BCUT2D eigenvalue weighted by molar-refractivity contribution is -0.144. The highest BCUT2D eigenvalue weighted by atomic mass is 79.9. The molecule has 0 saturated heterocycles. The molecule has 0 aliphatic rings. The number of esters is 1. The molecule has 0 aliphatic carbocycles.